The van der Waals surface area contributed by atoms with Gasteiger partial charge in [0, 0.05) is 24.6 Å². The number of likely N-dealkylation sites (tertiary alicyclic amines) is 1. The van der Waals surface area contributed by atoms with E-state index in [4.69, 9.17) is 0 Å². The topological polar surface area (TPSA) is 20.3 Å². The molecule has 1 saturated heterocycles. The maximum absolute atomic E-state index is 12.1. The second-order valence-corrected chi connectivity index (χ2v) is 4.26. The van der Waals surface area contributed by atoms with Crippen LogP contribution in [0, 0.1) is 5.92 Å². The van der Waals surface area contributed by atoms with Gasteiger partial charge in [-0.05, 0) is 12.5 Å². The van der Waals surface area contributed by atoms with E-state index in [9.17, 15) is 4.79 Å². The molecule has 1 fully saturated rings. The Bertz CT molecular complexity index is 447. The minimum absolute atomic E-state index is 0.140. The van der Waals surface area contributed by atoms with Crippen molar-refractivity contribution in [1.82, 2.24) is 4.90 Å². The summed E-state index contributed by atoms with van der Waals surface area (Å²) in [5.74, 6) is 0.317. The molecule has 88 valence electrons. The van der Waals surface area contributed by atoms with Gasteiger partial charge >= 0.3 is 0 Å². The smallest absolute Gasteiger partial charge is 0.250 e. The van der Waals surface area contributed by atoms with Crippen molar-refractivity contribution in [2.75, 3.05) is 6.54 Å². The second-order valence-electron chi connectivity index (χ2n) is 4.26. The first-order chi connectivity index (χ1) is 8.26. The molecular weight excluding hydrogens is 210 g/mol. The molecule has 0 saturated carbocycles. The van der Waals surface area contributed by atoms with Crippen molar-refractivity contribution in [3.63, 3.8) is 0 Å². The summed E-state index contributed by atoms with van der Waals surface area (Å²) < 4.78 is 0. The third kappa shape index (κ3) is 2.31. The average Bonchev–Trinajstić information content (AvgIpc) is 2.67. The molecule has 0 aromatic heterocycles. The van der Waals surface area contributed by atoms with E-state index in [-0.39, 0.29) is 11.8 Å². The first kappa shape index (κ1) is 11.6. The fraction of sp³-hybridized carbons (Fsp3) is 0.267. The van der Waals surface area contributed by atoms with Gasteiger partial charge in [0.1, 0.15) is 0 Å². The van der Waals surface area contributed by atoms with Crippen LogP contribution in [0.25, 0.3) is 0 Å². The van der Waals surface area contributed by atoms with Crippen LogP contribution in [0.15, 0.2) is 54.6 Å². The summed E-state index contributed by atoms with van der Waals surface area (Å²) >= 11 is 0. The number of hydrogen-bond donors (Lipinski definition) is 0. The largest absolute Gasteiger partial charge is 0.334 e. The van der Waals surface area contributed by atoms with Crippen LogP contribution in [0.1, 0.15) is 12.5 Å². The molecular formula is C15H17NO. The Morgan fingerprint density at radius 1 is 1.41 bits per heavy atom. The van der Waals surface area contributed by atoms with Crippen molar-refractivity contribution in [3.8, 4) is 0 Å². The van der Waals surface area contributed by atoms with Gasteiger partial charge in [0.05, 0.1) is 0 Å². The molecule has 2 nitrogen and oxygen atoms in total. The zero-order chi connectivity index (χ0) is 12.3. The zero-order valence-electron chi connectivity index (χ0n) is 10.1. The summed E-state index contributed by atoms with van der Waals surface area (Å²) in [4.78, 5) is 14.0. The van der Waals surface area contributed by atoms with Gasteiger partial charge in [-0.25, -0.2) is 0 Å². The summed E-state index contributed by atoms with van der Waals surface area (Å²) in [5, 5.41) is 0. The van der Waals surface area contributed by atoms with Crippen LogP contribution in [0.5, 0.6) is 0 Å². The van der Waals surface area contributed by atoms with Crippen molar-refractivity contribution >= 4 is 5.91 Å². The molecule has 0 radical (unpaired) electrons. The van der Waals surface area contributed by atoms with Gasteiger partial charge in [0.2, 0.25) is 5.91 Å². The molecule has 0 unspecified atom stereocenters. The Kier molecular flexibility index (Phi) is 3.43. The van der Waals surface area contributed by atoms with Crippen LogP contribution >= 0.6 is 0 Å². The Hall–Kier alpha value is -1.83. The van der Waals surface area contributed by atoms with Crippen molar-refractivity contribution in [3.05, 3.63) is 60.2 Å². The fourth-order valence-electron chi connectivity index (χ4n) is 2.24. The van der Waals surface area contributed by atoms with E-state index < -0.39 is 0 Å². The van der Waals surface area contributed by atoms with Crippen LogP contribution in [-0.2, 0) is 11.3 Å². The fourth-order valence-corrected chi connectivity index (χ4v) is 2.24. The van der Waals surface area contributed by atoms with Crippen LogP contribution in [0.3, 0.4) is 0 Å². The maximum atomic E-state index is 12.1. The van der Waals surface area contributed by atoms with Crippen LogP contribution in [-0.4, -0.2) is 17.4 Å². The summed E-state index contributed by atoms with van der Waals surface area (Å²) in [5.41, 5.74) is 2.04. The molecule has 1 aromatic carbocycles. The monoisotopic (exact) mass is 227 g/mol. The highest BCUT2D eigenvalue weighted by Crippen LogP contribution is 2.26. The van der Waals surface area contributed by atoms with E-state index in [0.29, 0.717) is 6.54 Å². The standard InChI is InChI=1S/C15H17NO/c1-3-13-11-16(15(17)14(13)4-2)10-12-8-6-5-7-9-12/h3-9,13H,1,10-11H2,2H3/b14-4-/t13-/m0/s1. The van der Waals surface area contributed by atoms with E-state index in [1.807, 2.05) is 54.3 Å². The molecule has 0 spiro atoms. The molecule has 0 aliphatic carbocycles. The molecule has 1 atom stereocenters. The van der Waals surface area contributed by atoms with Crippen LogP contribution in [0.4, 0.5) is 0 Å². The normalized spacial score (nSPS) is 22.2. The minimum atomic E-state index is 0.140. The quantitative estimate of drug-likeness (QED) is 0.574. The van der Waals surface area contributed by atoms with Gasteiger partial charge in [-0.15, -0.1) is 6.58 Å². The molecule has 1 amide bonds. The lowest BCUT2D eigenvalue weighted by molar-refractivity contribution is -0.125. The lowest BCUT2D eigenvalue weighted by Gasteiger charge is -2.15. The Labute approximate surface area is 102 Å². The number of carbonyl (C=O) groups is 1. The number of benzene rings is 1. The summed E-state index contributed by atoms with van der Waals surface area (Å²) in [6.07, 6.45) is 3.76. The van der Waals surface area contributed by atoms with E-state index in [1.165, 1.54) is 5.56 Å². The predicted molar refractivity (Wildman–Crippen MR) is 69.3 cm³/mol. The zero-order valence-corrected chi connectivity index (χ0v) is 10.1. The van der Waals surface area contributed by atoms with Gasteiger partial charge in [0.15, 0.2) is 0 Å². The molecule has 1 aromatic rings. The van der Waals surface area contributed by atoms with Crippen molar-refractivity contribution < 1.29 is 4.79 Å². The number of allylic oxidation sites excluding steroid dienone is 1. The first-order valence-electron chi connectivity index (χ1n) is 5.88. The number of amides is 1. The van der Waals surface area contributed by atoms with E-state index in [2.05, 4.69) is 6.58 Å². The highest BCUT2D eigenvalue weighted by Gasteiger charge is 2.32. The van der Waals surface area contributed by atoms with Crippen molar-refractivity contribution in [1.29, 1.82) is 0 Å². The minimum Gasteiger partial charge on any atom is -0.334 e. The molecule has 0 bridgehead atoms. The van der Waals surface area contributed by atoms with E-state index in [1.54, 1.807) is 0 Å². The lowest BCUT2D eigenvalue weighted by atomic mass is 10.0. The third-order valence-corrected chi connectivity index (χ3v) is 3.16. The SMILES string of the molecule is C=C[C@H]1CN(Cc2ccccc2)C(=O)/C1=C\C. The Morgan fingerprint density at radius 2 is 2.12 bits per heavy atom. The number of rotatable bonds is 3. The second kappa shape index (κ2) is 5.00. The highest BCUT2D eigenvalue weighted by molar-refractivity contribution is 5.96. The molecule has 1 aliphatic rings. The van der Waals surface area contributed by atoms with E-state index >= 15 is 0 Å². The van der Waals surface area contributed by atoms with Crippen LogP contribution in [0.2, 0.25) is 0 Å². The van der Waals surface area contributed by atoms with Gasteiger partial charge in [-0.1, -0.05) is 42.5 Å². The third-order valence-electron chi connectivity index (χ3n) is 3.16. The predicted octanol–water partition coefficient (Wildman–Crippen LogP) is 2.78. The molecule has 2 rings (SSSR count). The van der Waals surface area contributed by atoms with E-state index in [0.717, 1.165) is 12.1 Å². The van der Waals surface area contributed by atoms with Gasteiger partial charge in [-0.3, -0.25) is 4.79 Å². The molecule has 1 heterocycles. The highest BCUT2D eigenvalue weighted by atomic mass is 16.2. The maximum Gasteiger partial charge on any atom is 0.250 e. The molecule has 1 aliphatic heterocycles. The number of carbonyl (C=O) groups excluding carboxylic acids is 1. The summed E-state index contributed by atoms with van der Waals surface area (Å²) in [7, 11) is 0. The Morgan fingerprint density at radius 3 is 2.65 bits per heavy atom. The van der Waals surface area contributed by atoms with Crippen molar-refractivity contribution in [2.24, 2.45) is 5.92 Å². The number of hydrogen-bond acceptors (Lipinski definition) is 1. The first-order valence-corrected chi connectivity index (χ1v) is 5.88. The summed E-state index contributed by atoms with van der Waals surface area (Å²) in [6, 6.07) is 10.1. The summed E-state index contributed by atoms with van der Waals surface area (Å²) in [6.45, 7) is 7.14. The molecule has 17 heavy (non-hydrogen) atoms. The van der Waals surface area contributed by atoms with Gasteiger partial charge in [-0.2, -0.15) is 0 Å². The molecule has 0 N–H and O–H groups in total. The number of nitrogens with zero attached hydrogens (tertiary/aromatic N) is 1. The van der Waals surface area contributed by atoms with Crippen LogP contribution < -0.4 is 0 Å². The average molecular weight is 227 g/mol. The lowest BCUT2D eigenvalue weighted by Crippen LogP contribution is -2.24. The molecule has 2 heteroatoms. The Balaban J connectivity index is 2.14. The van der Waals surface area contributed by atoms with Gasteiger partial charge in [0.25, 0.3) is 0 Å². The van der Waals surface area contributed by atoms with Crippen molar-refractivity contribution in [2.45, 2.75) is 13.5 Å². The van der Waals surface area contributed by atoms with Gasteiger partial charge < -0.3 is 4.90 Å².